The summed E-state index contributed by atoms with van der Waals surface area (Å²) >= 11 is 4.96. The van der Waals surface area contributed by atoms with Crippen LogP contribution in [-0.2, 0) is 4.79 Å². The minimum atomic E-state index is 0.250. The number of hydrogen-bond donors (Lipinski definition) is 0. The summed E-state index contributed by atoms with van der Waals surface area (Å²) in [4.78, 5) is 12.7. The van der Waals surface area contributed by atoms with Gasteiger partial charge in [-0.25, -0.2) is 0 Å². The molecule has 0 unspecified atom stereocenters. The fraction of sp³-hybridized carbons (Fsp3) is 0.308. The van der Waals surface area contributed by atoms with Crippen molar-refractivity contribution in [2.75, 3.05) is 5.75 Å². The predicted octanol–water partition coefficient (Wildman–Crippen LogP) is 4.47. The molecule has 0 heterocycles. The Morgan fingerprint density at radius 1 is 1.38 bits per heavy atom. The molecule has 0 bridgehead atoms. The zero-order valence-electron chi connectivity index (χ0n) is 9.33. The maximum absolute atomic E-state index is 11.6. The standard InChI is InChI=1S/C13H15BrOS/c1-3-10(2)8-12(15)9-16-13-6-4-11(14)5-7-13/h4-7H,2-3,8-9H2,1H3. The summed E-state index contributed by atoms with van der Waals surface area (Å²) in [6.07, 6.45) is 1.40. The van der Waals surface area contributed by atoms with Gasteiger partial charge in [-0.1, -0.05) is 35.0 Å². The summed E-state index contributed by atoms with van der Waals surface area (Å²) in [5.74, 6) is 0.778. The van der Waals surface area contributed by atoms with Crippen LogP contribution >= 0.6 is 27.7 Å². The van der Waals surface area contributed by atoms with Gasteiger partial charge in [0.2, 0.25) is 0 Å². The normalized spacial score (nSPS) is 10.1. The first kappa shape index (κ1) is 13.5. The Labute approximate surface area is 109 Å². The molecule has 0 aliphatic heterocycles. The number of Topliss-reactive ketones (excluding diaryl/α,β-unsaturated/α-hetero) is 1. The van der Waals surface area contributed by atoms with E-state index in [-0.39, 0.29) is 5.78 Å². The molecule has 1 aromatic rings. The van der Waals surface area contributed by atoms with Gasteiger partial charge in [0.15, 0.2) is 0 Å². The number of halogens is 1. The molecule has 1 rings (SSSR count). The van der Waals surface area contributed by atoms with Crippen LogP contribution in [0.25, 0.3) is 0 Å². The smallest absolute Gasteiger partial charge is 0.147 e. The van der Waals surface area contributed by atoms with E-state index in [1.807, 2.05) is 31.2 Å². The summed E-state index contributed by atoms with van der Waals surface area (Å²) in [5, 5.41) is 0. The largest absolute Gasteiger partial charge is 0.298 e. The molecule has 0 atom stereocenters. The highest BCUT2D eigenvalue weighted by Gasteiger charge is 2.04. The fourth-order valence-corrected chi connectivity index (χ4v) is 2.17. The number of hydrogen-bond acceptors (Lipinski definition) is 2. The fourth-order valence-electron chi connectivity index (χ4n) is 1.15. The first-order chi connectivity index (χ1) is 7.61. The lowest BCUT2D eigenvalue weighted by Gasteiger charge is -2.02. The summed E-state index contributed by atoms with van der Waals surface area (Å²) in [7, 11) is 0. The highest BCUT2D eigenvalue weighted by molar-refractivity contribution is 9.10. The Hall–Kier alpha value is -0.540. The van der Waals surface area contributed by atoms with Crippen molar-refractivity contribution in [3.63, 3.8) is 0 Å². The van der Waals surface area contributed by atoms with Crippen molar-refractivity contribution in [2.24, 2.45) is 0 Å². The van der Waals surface area contributed by atoms with E-state index in [0.29, 0.717) is 12.2 Å². The molecule has 0 aliphatic carbocycles. The van der Waals surface area contributed by atoms with Gasteiger partial charge < -0.3 is 0 Å². The molecule has 0 aliphatic rings. The van der Waals surface area contributed by atoms with Crippen LogP contribution in [0.4, 0.5) is 0 Å². The summed E-state index contributed by atoms with van der Waals surface area (Å²) in [6, 6.07) is 7.99. The molecule has 1 aromatic carbocycles. The third kappa shape index (κ3) is 4.99. The van der Waals surface area contributed by atoms with Crippen molar-refractivity contribution < 1.29 is 4.79 Å². The van der Waals surface area contributed by atoms with Gasteiger partial charge in [-0.15, -0.1) is 11.8 Å². The van der Waals surface area contributed by atoms with Crippen LogP contribution in [0.5, 0.6) is 0 Å². The van der Waals surface area contributed by atoms with Gasteiger partial charge in [-0.2, -0.15) is 0 Å². The highest BCUT2D eigenvalue weighted by atomic mass is 79.9. The molecule has 0 saturated carbocycles. The first-order valence-electron chi connectivity index (χ1n) is 5.18. The third-order valence-corrected chi connectivity index (χ3v) is 3.76. The van der Waals surface area contributed by atoms with Crippen molar-refractivity contribution in [1.82, 2.24) is 0 Å². The monoisotopic (exact) mass is 298 g/mol. The molecule has 0 saturated heterocycles. The van der Waals surface area contributed by atoms with Crippen LogP contribution in [0.1, 0.15) is 19.8 Å². The summed E-state index contributed by atoms with van der Waals surface area (Å²) < 4.78 is 1.06. The Morgan fingerprint density at radius 2 is 2.00 bits per heavy atom. The van der Waals surface area contributed by atoms with Crippen LogP contribution in [-0.4, -0.2) is 11.5 Å². The van der Waals surface area contributed by atoms with E-state index in [9.17, 15) is 4.79 Å². The Bertz CT molecular complexity index is 370. The molecular weight excluding hydrogens is 284 g/mol. The van der Waals surface area contributed by atoms with Crippen LogP contribution in [0.2, 0.25) is 0 Å². The van der Waals surface area contributed by atoms with E-state index in [0.717, 1.165) is 21.4 Å². The van der Waals surface area contributed by atoms with Crippen LogP contribution < -0.4 is 0 Å². The van der Waals surface area contributed by atoms with Crippen molar-refractivity contribution in [3.8, 4) is 0 Å². The van der Waals surface area contributed by atoms with Gasteiger partial charge in [0.05, 0.1) is 5.75 Å². The summed E-state index contributed by atoms with van der Waals surface area (Å²) in [6.45, 7) is 5.87. The SMILES string of the molecule is C=C(CC)CC(=O)CSc1ccc(Br)cc1. The molecule has 0 amide bonds. The summed E-state index contributed by atoms with van der Waals surface area (Å²) in [5.41, 5.74) is 1.02. The third-order valence-electron chi connectivity index (χ3n) is 2.16. The Morgan fingerprint density at radius 3 is 2.56 bits per heavy atom. The van der Waals surface area contributed by atoms with Gasteiger partial charge in [0.1, 0.15) is 5.78 Å². The molecular formula is C13H15BrOS. The molecule has 0 spiro atoms. The number of ketones is 1. The molecule has 1 nitrogen and oxygen atoms in total. The van der Waals surface area contributed by atoms with Gasteiger partial charge in [-0.05, 0) is 30.7 Å². The molecule has 0 fully saturated rings. The highest BCUT2D eigenvalue weighted by Crippen LogP contribution is 2.21. The average molecular weight is 299 g/mol. The maximum Gasteiger partial charge on any atom is 0.147 e. The van der Waals surface area contributed by atoms with Crippen LogP contribution in [0.15, 0.2) is 45.8 Å². The van der Waals surface area contributed by atoms with E-state index in [1.54, 1.807) is 11.8 Å². The van der Waals surface area contributed by atoms with Crippen molar-refractivity contribution in [2.45, 2.75) is 24.7 Å². The lowest BCUT2D eigenvalue weighted by Crippen LogP contribution is -2.02. The second-order valence-corrected chi connectivity index (χ2v) is 5.53. The molecule has 86 valence electrons. The maximum atomic E-state index is 11.6. The van der Waals surface area contributed by atoms with E-state index in [2.05, 4.69) is 22.5 Å². The van der Waals surface area contributed by atoms with Gasteiger partial charge >= 0.3 is 0 Å². The first-order valence-corrected chi connectivity index (χ1v) is 6.96. The van der Waals surface area contributed by atoms with Crippen molar-refractivity contribution in [3.05, 3.63) is 40.9 Å². The minimum Gasteiger partial charge on any atom is -0.298 e. The van der Waals surface area contributed by atoms with E-state index < -0.39 is 0 Å². The predicted molar refractivity (Wildman–Crippen MR) is 73.9 cm³/mol. The number of benzene rings is 1. The second kappa shape index (κ2) is 6.92. The number of thioether (sulfide) groups is 1. The van der Waals surface area contributed by atoms with E-state index in [1.165, 1.54) is 0 Å². The Kier molecular flexibility index (Phi) is 5.85. The zero-order valence-corrected chi connectivity index (χ0v) is 11.7. The minimum absolute atomic E-state index is 0.250. The zero-order chi connectivity index (χ0) is 12.0. The second-order valence-electron chi connectivity index (χ2n) is 3.56. The van der Waals surface area contributed by atoms with Gasteiger partial charge in [-0.3, -0.25) is 4.79 Å². The van der Waals surface area contributed by atoms with Gasteiger partial charge in [0, 0.05) is 15.8 Å². The molecule has 0 radical (unpaired) electrons. The topological polar surface area (TPSA) is 17.1 Å². The lowest BCUT2D eigenvalue weighted by molar-refractivity contribution is -0.116. The quantitative estimate of drug-likeness (QED) is 0.569. The van der Waals surface area contributed by atoms with Crippen molar-refractivity contribution >= 4 is 33.5 Å². The van der Waals surface area contributed by atoms with E-state index >= 15 is 0 Å². The Balaban J connectivity index is 2.37. The molecule has 3 heteroatoms. The molecule has 0 N–H and O–H groups in total. The van der Waals surface area contributed by atoms with Crippen LogP contribution in [0.3, 0.4) is 0 Å². The van der Waals surface area contributed by atoms with Crippen molar-refractivity contribution in [1.29, 1.82) is 0 Å². The lowest BCUT2D eigenvalue weighted by atomic mass is 10.1. The van der Waals surface area contributed by atoms with Gasteiger partial charge in [0.25, 0.3) is 0 Å². The molecule has 16 heavy (non-hydrogen) atoms. The molecule has 0 aromatic heterocycles. The number of carbonyl (C=O) groups is 1. The van der Waals surface area contributed by atoms with E-state index in [4.69, 9.17) is 0 Å². The number of allylic oxidation sites excluding steroid dienone is 1. The van der Waals surface area contributed by atoms with Crippen LogP contribution in [0, 0.1) is 0 Å². The average Bonchev–Trinajstić information content (AvgIpc) is 2.28. The number of carbonyl (C=O) groups excluding carboxylic acids is 1. The number of rotatable bonds is 6.